The van der Waals surface area contributed by atoms with Gasteiger partial charge in [-0.05, 0) is 36.8 Å². The SMILES string of the molecule is COc1ccc(C(O)=C2C(=O)C(=O)N(CCCn3ccnc3)C2c2ccccn2)cc1F. The number of carbonyl (C=O) groups is 2. The van der Waals surface area contributed by atoms with Crippen LogP contribution in [0.15, 0.2) is 66.9 Å². The van der Waals surface area contributed by atoms with E-state index >= 15 is 0 Å². The fraction of sp³-hybridized carbons (Fsp3) is 0.217. The Hall–Kier alpha value is -4.01. The summed E-state index contributed by atoms with van der Waals surface area (Å²) in [7, 11) is 1.33. The lowest BCUT2D eigenvalue weighted by molar-refractivity contribution is -0.140. The first-order chi connectivity index (χ1) is 15.5. The van der Waals surface area contributed by atoms with Crippen LogP contribution in [0.5, 0.6) is 5.75 Å². The molecule has 1 N–H and O–H groups in total. The normalized spacial score (nSPS) is 17.7. The van der Waals surface area contributed by atoms with Gasteiger partial charge in [-0.15, -0.1) is 0 Å². The lowest BCUT2D eigenvalue weighted by Gasteiger charge is -2.24. The van der Waals surface area contributed by atoms with Gasteiger partial charge in [0.15, 0.2) is 11.6 Å². The number of benzene rings is 1. The van der Waals surface area contributed by atoms with E-state index in [1.807, 2.05) is 10.8 Å². The molecule has 1 aliphatic heterocycles. The number of aliphatic hydroxyl groups is 1. The Labute approximate surface area is 183 Å². The third-order valence-electron chi connectivity index (χ3n) is 5.31. The molecule has 0 bridgehead atoms. The Kier molecular flexibility index (Phi) is 5.98. The van der Waals surface area contributed by atoms with Crippen LogP contribution in [0.25, 0.3) is 5.76 Å². The maximum absolute atomic E-state index is 14.2. The summed E-state index contributed by atoms with van der Waals surface area (Å²) >= 11 is 0. The summed E-state index contributed by atoms with van der Waals surface area (Å²) in [5.41, 5.74) is 0.381. The van der Waals surface area contributed by atoms with Gasteiger partial charge in [0.05, 0.1) is 24.7 Å². The molecule has 0 radical (unpaired) electrons. The number of ketones is 1. The van der Waals surface area contributed by atoms with Crippen LogP contribution in [0.3, 0.4) is 0 Å². The second kappa shape index (κ2) is 9.01. The number of imidazole rings is 1. The van der Waals surface area contributed by atoms with E-state index in [1.54, 1.807) is 36.9 Å². The molecule has 1 fully saturated rings. The summed E-state index contributed by atoms with van der Waals surface area (Å²) in [4.78, 5) is 35.5. The van der Waals surface area contributed by atoms with Crippen LogP contribution in [0, 0.1) is 5.82 Å². The van der Waals surface area contributed by atoms with Crippen molar-refractivity contribution >= 4 is 17.4 Å². The van der Waals surface area contributed by atoms with Crippen molar-refractivity contribution < 1.29 is 23.8 Å². The number of aryl methyl sites for hydroxylation is 1. The lowest BCUT2D eigenvalue weighted by atomic mass is 9.98. The molecule has 0 aliphatic carbocycles. The minimum Gasteiger partial charge on any atom is -0.507 e. The van der Waals surface area contributed by atoms with Gasteiger partial charge in [0.25, 0.3) is 11.7 Å². The molecular weight excluding hydrogens is 415 g/mol. The van der Waals surface area contributed by atoms with Gasteiger partial charge < -0.3 is 19.3 Å². The van der Waals surface area contributed by atoms with Crippen molar-refractivity contribution in [3.63, 3.8) is 0 Å². The van der Waals surface area contributed by atoms with Crippen molar-refractivity contribution in [1.82, 2.24) is 19.4 Å². The van der Waals surface area contributed by atoms with Crippen LogP contribution >= 0.6 is 0 Å². The smallest absolute Gasteiger partial charge is 0.295 e. The molecule has 164 valence electrons. The number of carbonyl (C=O) groups excluding carboxylic acids is 2. The van der Waals surface area contributed by atoms with E-state index in [4.69, 9.17) is 4.74 Å². The van der Waals surface area contributed by atoms with E-state index < -0.39 is 29.3 Å². The highest BCUT2D eigenvalue weighted by molar-refractivity contribution is 6.46. The fourth-order valence-electron chi connectivity index (χ4n) is 3.77. The maximum Gasteiger partial charge on any atom is 0.295 e. The van der Waals surface area contributed by atoms with Crippen molar-refractivity contribution in [3.05, 3.63) is 84.0 Å². The van der Waals surface area contributed by atoms with E-state index in [2.05, 4.69) is 9.97 Å². The van der Waals surface area contributed by atoms with E-state index in [1.165, 1.54) is 24.1 Å². The molecule has 1 aromatic carbocycles. The Morgan fingerprint density at radius 3 is 2.69 bits per heavy atom. The van der Waals surface area contributed by atoms with Gasteiger partial charge in [0.1, 0.15) is 11.8 Å². The highest BCUT2D eigenvalue weighted by atomic mass is 19.1. The Morgan fingerprint density at radius 2 is 2.03 bits per heavy atom. The molecule has 9 heteroatoms. The van der Waals surface area contributed by atoms with Crippen molar-refractivity contribution in [1.29, 1.82) is 0 Å². The average molecular weight is 436 g/mol. The molecule has 2 aromatic heterocycles. The molecule has 1 atom stereocenters. The second-order valence-electron chi connectivity index (χ2n) is 7.25. The van der Waals surface area contributed by atoms with E-state index in [9.17, 15) is 19.1 Å². The third kappa shape index (κ3) is 3.96. The molecular formula is C23H21FN4O4. The Morgan fingerprint density at radius 1 is 1.19 bits per heavy atom. The topological polar surface area (TPSA) is 97.6 Å². The number of aromatic nitrogens is 3. The first kappa shape index (κ1) is 21.2. The van der Waals surface area contributed by atoms with Gasteiger partial charge in [-0.1, -0.05) is 6.07 Å². The van der Waals surface area contributed by atoms with Crippen molar-refractivity contribution in [2.75, 3.05) is 13.7 Å². The van der Waals surface area contributed by atoms with Crippen LogP contribution in [-0.2, 0) is 16.1 Å². The maximum atomic E-state index is 14.2. The van der Waals surface area contributed by atoms with Gasteiger partial charge in [-0.25, -0.2) is 9.37 Å². The van der Waals surface area contributed by atoms with Crippen LogP contribution in [0.4, 0.5) is 4.39 Å². The standard InChI is InChI=1S/C23H21FN4O4/c1-32-18-7-6-15(13-16(18)24)21(29)19-20(17-5-2-3-8-26-17)28(23(31)22(19)30)11-4-10-27-12-9-25-14-27/h2-3,5-9,12-14,20,29H,4,10-11H2,1H3. The highest BCUT2D eigenvalue weighted by Crippen LogP contribution is 2.39. The molecule has 1 amide bonds. The molecule has 3 aromatic rings. The van der Waals surface area contributed by atoms with Crippen molar-refractivity contribution in [3.8, 4) is 5.75 Å². The first-order valence-electron chi connectivity index (χ1n) is 10.00. The number of halogens is 1. The van der Waals surface area contributed by atoms with Crippen molar-refractivity contribution in [2.45, 2.75) is 19.0 Å². The van der Waals surface area contributed by atoms with Crippen LogP contribution in [0.2, 0.25) is 0 Å². The first-order valence-corrected chi connectivity index (χ1v) is 10.00. The number of hydrogen-bond donors (Lipinski definition) is 1. The van der Waals surface area contributed by atoms with E-state index in [0.717, 1.165) is 6.07 Å². The number of likely N-dealkylation sites (tertiary alicyclic amines) is 1. The zero-order valence-electron chi connectivity index (χ0n) is 17.3. The number of nitrogens with zero attached hydrogens (tertiary/aromatic N) is 4. The number of methoxy groups -OCH3 is 1. The molecule has 1 unspecified atom stereocenters. The summed E-state index contributed by atoms with van der Waals surface area (Å²) < 4.78 is 21.0. The molecule has 1 saturated heterocycles. The van der Waals surface area contributed by atoms with Gasteiger partial charge in [0.2, 0.25) is 0 Å². The summed E-state index contributed by atoms with van der Waals surface area (Å²) in [6, 6.07) is 8.09. The number of rotatable bonds is 7. The molecule has 1 aliphatic rings. The number of Topliss-reactive ketones (excluding diaryl/α,β-unsaturated/α-hetero) is 1. The summed E-state index contributed by atoms with van der Waals surface area (Å²) in [6.45, 7) is 0.860. The zero-order valence-corrected chi connectivity index (χ0v) is 17.3. The van der Waals surface area contributed by atoms with Gasteiger partial charge in [-0.3, -0.25) is 14.6 Å². The number of aliphatic hydroxyl groups excluding tert-OH is 1. The van der Waals surface area contributed by atoms with E-state index in [0.29, 0.717) is 18.7 Å². The monoisotopic (exact) mass is 436 g/mol. The van der Waals surface area contributed by atoms with Crippen LogP contribution in [0.1, 0.15) is 23.7 Å². The summed E-state index contributed by atoms with van der Waals surface area (Å²) in [6.07, 6.45) is 7.25. The third-order valence-corrected chi connectivity index (χ3v) is 5.31. The molecule has 32 heavy (non-hydrogen) atoms. The predicted octanol–water partition coefficient (Wildman–Crippen LogP) is 2.94. The Bertz CT molecular complexity index is 1160. The molecule has 3 heterocycles. The average Bonchev–Trinajstić information content (AvgIpc) is 3.41. The lowest BCUT2D eigenvalue weighted by Crippen LogP contribution is -2.31. The number of hydrogen-bond acceptors (Lipinski definition) is 6. The molecule has 0 spiro atoms. The number of ether oxygens (including phenoxy) is 1. The van der Waals surface area contributed by atoms with E-state index in [-0.39, 0.29) is 23.4 Å². The van der Waals surface area contributed by atoms with Gasteiger partial charge in [0, 0.05) is 37.2 Å². The largest absolute Gasteiger partial charge is 0.507 e. The minimum atomic E-state index is -0.885. The van der Waals surface area contributed by atoms with Gasteiger partial charge >= 0.3 is 0 Å². The fourth-order valence-corrected chi connectivity index (χ4v) is 3.77. The predicted molar refractivity (Wildman–Crippen MR) is 113 cm³/mol. The van der Waals surface area contributed by atoms with Crippen LogP contribution < -0.4 is 4.74 Å². The minimum absolute atomic E-state index is 0.00257. The Balaban J connectivity index is 1.72. The number of amides is 1. The molecule has 4 rings (SSSR count). The second-order valence-corrected chi connectivity index (χ2v) is 7.25. The van der Waals surface area contributed by atoms with Crippen LogP contribution in [-0.4, -0.2) is 49.9 Å². The van der Waals surface area contributed by atoms with Crippen molar-refractivity contribution in [2.24, 2.45) is 0 Å². The molecule has 0 saturated carbocycles. The molecule has 8 nitrogen and oxygen atoms in total. The summed E-state index contributed by atoms with van der Waals surface area (Å²) in [5.74, 6) is -2.72. The zero-order chi connectivity index (χ0) is 22.7. The highest BCUT2D eigenvalue weighted by Gasteiger charge is 2.46. The summed E-state index contributed by atoms with van der Waals surface area (Å²) in [5, 5.41) is 11.0. The van der Waals surface area contributed by atoms with Gasteiger partial charge in [-0.2, -0.15) is 0 Å². The quantitative estimate of drug-likeness (QED) is 0.348. The number of pyridine rings is 1.